The van der Waals surface area contributed by atoms with Gasteiger partial charge in [-0.3, -0.25) is 9.36 Å². The number of aryl methyl sites for hydroxylation is 2. The Labute approximate surface area is 81.5 Å². The molecule has 0 aliphatic heterocycles. The Kier molecular flexibility index (Phi) is 2.18. The Balaban J connectivity index is 1.94. The van der Waals surface area contributed by atoms with E-state index in [1.807, 2.05) is 32.6 Å². The van der Waals surface area contributed by atoms with Crippen LogP contribution in [0.15, 0.2) is 18.5 Å². The second kappa shape index (κ2) is 3.49. The molecule has 0 amide bonds. The molecule has 0 aliphatic carbocycles. The van der Waals surface area contributed by atoms with E-state index in [9.17, 15) is 0 Å². The summed E-state index contributed by atoms with van der Waals surface area (Å²) in [5.41, 5.74) is 0.901. The van der Waals surface area contributed by atoms with Gasteiger partial charge in [0.2, 0.25) is 0 Å². The summed E-state index contributed by atoms with van der Waals surface area (Å²) in [6.07, 6.45) is 3.76. The van der Waals surface area contributed by atoms with Crippen LogP contribution >= 0.6 is 0 Å². The molecule has 0 bridgehead atoms. The highest BCUT2D eigenvalue weighted by molar-refractivity contribution is 5.32. The molecule has 0 aliphatic rings. The lowest BCUT2D eigenvalue weighted by molar-refractivity contribution is 0.713. The quantitative estimate of drug-likeness (QED) is 0.752. The first-order valence-electron chi connectivity index (χ1n) is 4.33. The molecule has 0 spiro atoms. The van der Waals surface area contributed by atoms with E-state index in [-0.39, 0.29) is 0 Å². The molecular weight excluding hydrogens is 180 g/mol. The molecule has 74 valence electrons. The molecule has 2 heterocycles. The van der Waals surface area contributed by atoms with Crippen molar-refractivity contribution in [1.29, 1.82) is 0 Å². The largest absolute Gasteiger partial charge is 0.363 e. The molecule has 0 fully saturated rings. The maximum absolute atomic E-state index is 4.18. The highest BCUT2D eigenvalue weighted by Gasteiger charge is 1.99. The molecule has 0 saturated carbocycles. The number of anilines is 1. The van der Waals surface area contributed by atoms with Gasteiger partial charge in [-0.1, -0.05) is 5.21 Å². The fourth-order valence-corrected chi connectivity index (χ4v) is 1.17. The lowest BCUT2D eigenvalue weighted by Gasteiger charge is -1.97. The SMILES string of the molecule is Cn1cc(CNc2ccn(C)n2)nn1. The minimum absolute atomic E-state index is 0.644. The van der Waals surface area contributed by atoms with Gasteiger partial charge in [-0.2, -0.15) is 5.10 Å². The Morgan fingerprint density at radius 2 is 2.21 bits per heavy atom. The van der Waals surface area contributed by atoms with Crippen LogP contribution in [0.4, 0.5) is 5.82 Å². The second-order valence-electron chi connectivity index (χ2n) is 3.11. The second-order valence-corrected chi connectivity index (χ2v) is 3.11. The topological polar surface area (TPSA) is 60.6 Å². The van der Waals surface area contributed by atoms with Crippen molar-refractivity contribution in [1.82, 2.24) is 24.8 Å². The molecule has 1 N–H and O–H groups in total. The molecular formula is C8H12N6. The van der Waals surface area contributed by atoms with E-state index in [0.717, 1.165) is 11.5 Å². The van der Waals surface area contributed by atoms with Crippen LogP contribution in [0, 0.1) is 0 Å². The molecule has 14 heavy (non-hydrogen) atoms. The van der Waals surface area contributed by atoms with Crippen LogP contribution in [-0.2, 0) is 20.6 Å². The molecule has 2 rings (SSSR count). The fraction of sp³-hybridized carbons (Fsp3) is 0.375. The summed E-state index contributed by atoms with van der Waals surface area (Å²) in [6.45, 7) is 0.644. The smallest absolute Gasteiger partial charge is 0.148 e. The summed E-state index contributed by atoms with van der Waals surface area (Å²) in [7, 11) is 3.73. The summed E-state index contributed by atoms with van der Waals surface area (Å²) in [5, 5.41) is 15.1. The maximum atomic E-state index is 4.18. The first-order chi connectivity index (χ1) is 6.74. The highest BCUT2D eigenvalue weighted by Crippen LogP contribution is 2.02. The first kappa shape index (κ1) is 8.74. The van der Waals surface area contributed by atoms with Crippen molar-refractivity contribution in [3.8, 4) is 0 Å². The molecule has 0 aromatic carbocycles. The van der Waals surface area contributed by atoms with E-state index in [2.05, 4.69) is 20.7 Å². The zero-order valence-corrected chi connectivity index (χ0v) is 8.18. The van der Waals surface area contributed by atoms with Crippen molar-refractivity contribution in [2.24, 2.45) is 14.1 Å². The molecule has 0 radical (unpaired) electrons. The Morgan fingerprint density at radius 3 is 2.79 bits per heavy atom. The van der Waals surface area contributed by atoms with Gasteiger partial charge in [-0.25, -0.2) is 0 Å². The van der Waals surface area contributed by atoms with E-state index < -0.39 is 0 Å². The molecule has 6 heteroatoms. The summed E-state index contributed by atoms with van der Waals surface area (Å²) >= 11 is 0. The number of nitrogens with zero attached hydrogens (tertiary/aromatic N) is 5. The van der Waals surface area contributed by atoms with Crippen LogP contribution < -0.4 is 5.32 Å². The summed E-state index contributed by atoms with van der Waals surface area (Å²) < 4.78 is 3.43. The van der Waals surface area contributed by atoms with Crippen LogP contribution in [0.5, 0.6) is 0 Å². The monoisotopic (exact) mass is 192 g/mol. The van der Waals surface area contributed by atoms with Gasteiger partial charge in [0.15, 0.2) is 0 Å². The van der Waals surface area contributed by atoms with Crippen molar-refractivity contribution in [2.45, 2.75) is 6.54 Å². The zero-order valence-electron chi connectivity index (χ0n) is 8.18. The molecule has 0 saturated heterocycles. The Morgan fingerprint density at radius 1 is 1.36 bits per heavy atom. The number of hydrogen-bond acceptors (Lipinski definition) is 4. The van der Waals surface area contributed by atoms with Gasteiger partial charge in [-0.15, -0.1) is 5.10 Å². The van der Waals surface area contributed by atoms with Crippen LogP contribution in [-0.4, -0.2) is 24.8 Å². The van der Waals surface area contributed by atoms with Crippen molar-refractivity contribution in [2.75, 3.05) is 5.32 Å². The first-order valence-corrected chi connectivity index (χ1v) is 4.33. The number of aromatic nitrogens is 5. The predicted octanol–water partition coefficient (Wildman–Crippen LogP) is 0.161. The third kappa shape index (κ3) is 1.90. The van der Waals surface area contributed by atoms with Crippen molar-refractivity contribution < 1.29 is 0 Å². The minimum atomic E-state index is 0.644. The van der Waals surface area contributed by atoms with E-state index in [1.165, 1.54) is 0 Å². The fourth-order valence-electron chi connectivity index (χ4n) is 1.17. The molecule has 6 nitrogen and oxygen atoms in total. The number of hydrogen-bond donors (Lipinski definition) is 1. The predicted molar refractivity (Wildman–Crippen MR) is 51.5 cm³/mol. The minimum Gasteiger partial charge on any atom is -0.363 e. The lowest BCUT2D eigenvalue weighted by atomic mass is 10.4. The van der Waals surface area contributed by atoms with Crippen molar-refractivity contribution in [3.63, 3.8) is 0 Å². The summed E-state index contributed by atoms with van der Waals surface area (Å²) in [6, 6.07) is 1.91. The zero-order chi connectivity index (χ0) is 9.97. The van der Waals surface area contributed by atoms with Crippen LogP contribution in [0.1, 0.15) is 5.69 Å². The van der Waals surface area contributed by atoms with Gasteiger partial charge in [0.05, 0.1) is 6.54 Å². The molecule has 2 aromatic heterocycles. The lowest BCUT2D eigenvalue weighted by Crippen LogP contribution is -2.01. The highest BCUT2D eigenvalue weighted by atomic mass is 15.4. The van der Waals surface area contributed by atoms with E-state index in [1.54, 1.807) is 9.36 Å². The van der Waals surface area contributed by atoms with E-state index in [4.69, 9.17) is 0 Å². The van der Waals surface area contributed by atoms with Crippen LogP contribution in [0.2, 0.25) is 0 Å². The van der Waals surface area contributed by atoms with E-state index in [0.29, 0.717) is 6.54 Å². The average Bonchev–Trinajstić information content (AvgIpc) is 2.72. The van der Waals surface area contributed by atoms with Gasteiger partial charge < -0.3 is 5.32 Å². The van der Waals surface area contributed by atoms with Gasteiger partial charge in [-0.05, 0) is 0 Å². The van der Waals surface area contributed by atoms with Gasteiger partial charge in [0.1, 0.15) is 11.5 Å². The normalized spacial score (nSPS) is 10.4. The molecule has 0 unspecified atom stereocenters. The number of nitrogens with one attached hydrogen (secondary N) is 1. The van der Waals surface area contributed by atoms with Crippen molar-refractivity contribution in [3.05, 3.63) is 24.2 Å². The number of rotatable bonds is 3. The van der Waals surface area contributed by atoms with E-state index >= 15 is 0 Å². The van der Waals surface area contributed by atoms with Crippen molar-refractivity contribution >= 4 is 5.82 Å². The standard InChI is InChI=1S/C8H12N6/c1-13-4-3-8(11-13)9-5-7-6-14(2)12-10-7/h3-4,6H,5H2,1-2H3,(H,9,11). The Bertz CT molecular complexity index is 375. The van der Waals surface area contributed by atoms with Gasteiger partial charge in [0.25, 0.3) is 0 Å². The summed E-state index contributed by atoms with van der Waals surface area (Å²) in [5.74, 6) is 0.846. The Hall–Kier alpha value is -1.85. The van der Waals surface area contributed by atoms with Gasteiger partial charge >= 0.3 is 0 Å². The maximum Gasteiger partial charge on any atom is 0.148 e. The third-order valence-electron chi connectivity index (χ3n) is 1.81. The van der Waals surface area contributed by atoms with Gasteiger partial charge in [0, 0.05) is 32.6 Å². The molecule has 2 aromatic rings. The van der Waals surface area contributed by atoms with Crippen LogP contribution in [0.3, 0.4) is 0 Å². The molecule has 0 atom stereocenters. The van der Waals surface area contributed by atoms with Crippen LogP contribution in [0.25, 0.3) is 0 Å². The average molecular weight is 192 g/mol. The third-order valence-corrected chi connectivity index (χ3v) is 1.81. The summed E-state index contributed by atoms with van der Waals surface area (Å²) in [4.78, 5) is 0.